The molecule has 1 aromatic heterocycles. The zero-order valence-electron chi connectivity index (χ0n) is 10.9. The monoisotopic (exact) mass is 274 g/mol. The molecule has 104 valence electrons. The van der Waals surface area contributed by atoms with E-state index in [1.165, 1.54) is 12.2 Å². The highest BCUT2D eigenvalue weighted by Crippen LogP contribution is 2.15. The average Bonchev–Trinajstić information content (AvgIpc) is 2.85. The van der Waals surface area contributed by atoms with Crippen LogP contribution >= 0.6 is 0 Å². The van der Waals surface area contributed by atoms with Crippen LogP contribution in [0.2, 0.25) is 0 Å². The molecular formula is C14H14N2O4. The van der Waals surface area contributed by atoms with E-state index in [0.29, 0.717) is 23.4 Å². The number of para-hydroxylation sites is 2. The molecule has 1 amide bonds. The van der Waals surface area contributed by atoms with Gasteiger partial charge in [0.15, 0.2) is 5.58 Å². The van der Waals surface area contributed by atoms with E-state index in [4.69, 9.17) is 9.52 Å². The van der Waals surface area contributed by atoms with Crippen molar-refractivity contribution in [2.45, 2.75) is 19.4 Å². The zero-order chi connectivity index (χ0) is 14.5. The molecule has 0 aliphatic heterocycles. The first-order valence-corrected chi connectivity index (χ1v) is 6.17. The fourth-order valence-electron chi connectivity index (χ4n) is 1.67. The quantitative estimate of drug-likeness (QED) is 0.811. The van der Waals surface area contributed by atoms with Crippen LogP contribution in [0.1, 0.15) is 19.2 Å². The molecule has 0 saturated heterocycles. The van der Waals surface area contributed by atoms with Gasteiger partial charge in [-0.25, -0.2) is 9.78 Å². The summed E-state index contributed by atoms with van der Waals surface area (Å²) in [4.78, 5) is 26.5. The van der Waals surface area contributed by atoms with E-state index >= 15 is 0 Å². The maximum Gasteiger partial charge on any atom is 0.326 e. The third-order valence-electron chi connectivity index (χ3n) is 2.71. The zero-order valence-corrected chi connectivity index (χ0v) is 10.9. The number of aliphatic carboxylic acids is 1. The van der Waals surface area contributed by atoms with Crippen LogP contribution in [-0.4, -0.2) is 28.0 Å². The Kier molecular flexibility index (Phi) is 4.14. The molecule has 0 bridgehead atoms. The Morgan fingerprint density at radius 2 is 2.20 bits per heavy atom. The summed E-state index contributed by atoms with van der Waals surface area (Å²) in [5.74, 6) is -1.26. The van der Waals surface area contributed by atoms with Gasteiger partial charge in [-0.15, -0.1) is 0 Å². The van der Waals surface area contributed by atoms with Gasteiger partial charge in [0.2, 0.25) is 11.8 Å². The largest absolute Gasteiger partial charge is 0.480 e. The molecule has 1 aromatic carbocycles. The number of benzene rings is 1. The maximum absolute atomic E-state index is 11.6. The first-order chi connectivity index (χ1) is 9.60. The van der Waals surface area contributed by atoms with Crippen LogP contribution in [0.5, 0.6) is 0 Å². The summed E-state index contributed by atoms with van der Waals surface area (Å²) in [5.41, 5.74) is 1.33. The number of hydrogen-bond acceptors (Lipinski definition) is 4. The van der Waals surface area contributed by atoms with Crippen molar-refractivity contribution in [1.29, 1.82) is 0 Å². The second kappa shape index (κ2) is 6.01. The molecule has 0 fully saturated rings. The summed E-state index contributed by atoms with van der Waals surface area (Å²) >= 11 is 0. The van der Waals surface area contributed by atoms with Crippen molar-refractivity contribution in [1.82, 2.24) is 10.3 Å². The highest BCUT2D eigenvalue weighted by molar-refractivity contribution is 5.94. The summed E-state index contributed by atoms with van der Waals surface area (Å²) < 4.78 is 5.40. The SMILES string of the molecule is CCC(NC(=O)/C=C/c1nc2ccccc2o1)C(=O)O. The van der Waals surface area contributed by atoms with Crippen LogP contribution in [0.4, 0.5) is 0 Å². The van der Waals surface area contributed by atoms with Crippen LogP contribution in [0, 0.1) is 0 Å². The van der Waals surface area contributed by atoms with E-state index in [9.17, 15) is 9.59 Å². The molecule has 0 spiro atoms. The molecule has 20 heavy (non-hydrogen) atoms. The molecule has 2 rings (SSSR count). The number of carboxylic acid groups (broad SMARTS) is 1. The molecule has 1 heterocycles. The van der Waals surface area contributed by atoms with E-state index in [0.717, 1.165) is 0 Å². The summed E-state index contributed by atoms with van der Waals surface area (Å²) in [7, 11) is 0. The molecule has 1 atom stereocenters. The molecule has 0 aliphatic rings. The van der Waals surface area contributed by atoms with Gasteiger partial charge in [0.1, 0.15) is 11.6 Å². The molecule has 6 nitrogen and oxygen atoms in total. The number of carbonyl (C=O) groups excluding carboxylic acids is 1. The van der Waals surface area contributed by atoms with Gasteiger partial charge in [0.25, 0.3) is 0 Å². The number of rotatable bonds is 5. The van der Waals surface area contributed by atoms with Crippen molar-refractivity contribution in [2.24, 2.45) is 0 Å². The molecule has 2 N–H and O–H groups in total. The first kappa shape index (κ1) is 13.8. The molecule has 0 aliphatic carbocycles. The van der Waals surface area contributed by atoms with Crippen molar-refractivity contribution in [3.8, 4) is 0 Å². The molecule has 0 saturated carbocycles. The summed E-state index contributed by atoms with van der Waals surface area (Å²) in [6.45, 7) is 1.68. The smallest absolute Gasteiger partial charge is 0.326 e. The number of carboxylic acids is 1. The number of nitrogens with one attached hydrogen (secondary N) is 1. The third kappa shape index (κ3) is 3.23. The number of amides is 1. The topological polar surface area (TPSA) is 92.4 Å². The van der Waals surface area contributed by atoms with Gasteiger partial charge in [-0.3, -0.25) is 4.79 Å². The van der Waals surface area contributed by atoms with Gasteiger partial charge in [0, 0.05) is 12.2 Å². The predicted octanol–water partition coefficient (Wildman–Crippen LogP) is 1.82. The number of aromatic nitrogens is 1. The predicted molar refractivity (Wildman–Crippen MR) is 72.9 cm³/mol. The summed E-state index contributed by atoms with van der Waals surface area (Å²) in [6.07, 6.45) is 2.93. The van der Waals surface area contributed by atoms with E-state index in [1.54, 1.807) is 19.1 Å². The Morgan fingerprint density at radius 3 is 2.85 bits per heavy atom. The molecule has 2 aromatic rings. The fourth-order valence-corrected chi connectivity index (χ4v) is 1.67. The summed E-state index contributed by atoms with van der Waals surface area (Å²) in [5, 5.41) is 11.2. The lowest BCUT2D eigenvalue weighted by molar-refractivity contribution is -0.141. The third-order valence-corrected chi connectivity index (χ3v) is 2.71. The average molecular weight is 274 g/mol. The van der Waals surface area contributed by atoms with E-state index in [2.05, 4.69) is 10.3 Å². The van der Waals surface area contributed by atoms with E-state index in [-0.39, 0.29) is 0 Å². The van der Waals surface area contributed by atoms with Crippen molar-refractivity contribution in [3.63, 3.8) is 0 Å². The van der Waals surface area contributed by atoms with Crippen LogP contribution < -0.4 is 5.32 Å². The second-order valence-electron chi connectivity index (χ2n) is 4.16. The number of hydrogen-bond donors (Lipinski definition) is 2. The van der Waals surface area contributed by atoms with Gasteiger partial charge in [0.05, 0.1) is 0 Å². The molecule has 0 radical (unpaired) electrons. The van der Waals surface area contributed by atoms with Crippen molar-refractivity contribution >= 4 is 29.1 Å². The van der Waals surface area contributed by atoms with Crippen LogP contribution in [0.25, 0.3) is 17.2 Å². The number of fused-ring (bicyclic) bond motifs is 1. The summed E-state index contributed by atoms with van der Waals surface area (Å²) in [6, 6.07) is 6.34. The lowest BCUT2D eigenvalue weighted by atomic mass is 10.2. The Labute approximate surface area is 115 Å². The lowest BCUT2D eigenvalue weighted by Crippen LogP contribution is -2.39. The standard InChI is InChI=1S/C14H14N2O4/c1-2-9(14(18)19)15-12(17)7-8-13-16-10-5-3-4-6-11(10)20-13/h3-9H,2H2,1H3,(H,15,17)(H,18,19)/b8-7+. The molecule has 6 heteroatoms. The Bertz CT molecular complexity index is 627. The van der Waals surface area contributed by atoms with Gasteiger partial charge in [-0.05, 0) is 18.6 Å². The van der Waals surface area contributed by atoms with Gasteiger partial charge in [-0.1, -0.05) is 19.1 Å². The minimum absolute atomic E-state index is 0.296. The van der Waals surface area contributed by atoms with Crippen molar-refractivity contribution in [3.05, 3.63) is 36.2 Å². The van der Waals surface area contributed by atoms with Gasteiger partial charge in [-0.2, -0.15) is 0 Å². The van der Waals surface area contributed by atoms with Crippen molar-refractivity contribution in [2.75, 3.05) is 0 Å². The maximum atomic E-state index is 11.6. The first-order valence-electron chi connectivity index (χ1n) is 6.17. The van der Waals surface area contributed by atoms with Gasteiger partial charge < -0.3 is 14.8 Å². The Morgan fingerprint density at radius 1 is 1.45 bits per heavy atom. The Balaban J connectivity index is 2.05. The minimum atomic E-state index is -1.06. The van der Waals surface area contributed by atoms with E-state index in [1.807, 2.05) is 12.1 Å². The number of nitrogens with zero attached hydrogens (tertiary/aromatic N) is 1. The minimum Gasteiger partial charge on any atom is -0.480 e. The highest BCUT2D eigenvalue weighted by atomic mass is 16.4. The number of carbonyl (C=O) groups is 2. The molecular weight excluding hydrogens is 260 g/mol. The molecule has 1 unspecified atom stereocenters. The Hall–Kier alpha value is -2.63. The van der Waals surface area contributed by atoms with Crippen LogP contribution in [0.15, 0.2) is 34.8 Å². The number of oxazole rings is 1. The highest BCUT2D eigenvalue weighted by Gasteiger charge is 2.15. The fraction of sp³-hybridized carbons (Fsp3) is 0.214. The normalized spacial score (nSPS) is 12.7. The van der Waals surface area contributed by atoms with E-state index < -0.39 is 17.9 Å². The second-order valence-corrected chi connectivity index (χ2v) is 4.16. The van der Waals surface area contributed by atoms with Gasteiger partial charge >= 0.3 is 5.97 Å². The van der Waals surface area contributed by atoms with Crippen LogP contribution in [0.3, 0.4) is 0 Å². The lowest BCUT2D eigenvalue weighted by Gasteiger charge is -2.09. The van der Waals surface area contributed by atoms with Crippen LogP contribution in [-0.2, 0) is 9.59 Å². The van der Waals surface area contributed by atoms with Crippen molar-refractivity contribution < 1.29 is 19.1 Å².